The highest BCUT2D eigenvalue weighted by Gasteiger charge is 2.58. The van der Waals surface area contributed by atoms with Gasteiger partial charge in [0.05, 0.1) is 13.7 Å². The third-order valence-corrected chi connectivity index (χ3v) is 2.30. The Morgan fingerprint density at radius 1 is 1.10 bits per heavy atom. The summed E-state index contributed by atoms with van der Waals surface area (Å²) in [6.45, 7) is -0.933. The molecular formula is C11H11F6NO2. The molecule has 9 heteroatoms. The summed E-state index contributed by atoms with van der Waals surface area (Å²) in [4.78, 5) is 0. The topological polar surface area (TPSA) is 44.5 Å². The Kier molecular flexibility index (Phi) is 4.74. The zero-order valence-corrected chi connectivity index (χ0v) is 10.2. The number of halogens is 6. The van der Waals surface area contributed by atoms with E-state index in [2.05, 4.69) is 4.74 Å². The predicted molar refractivity (Wildman–Crippen MR) is 58.1 cm³/mol. The summed E-state index contributed by atoms with van der Waals surface area (Å²) < 4.78 is 82.5. The van der Waals surface area contributed by atoms with Crippen molar-refractivity contribution in [1.29, 1.82) is 0 Å². The van der Waals surface area contributed by atoms with Crippen LogP contribution < -0.4 is 10.5 Å². The summed E-state index contributed by atoms with van der Waals surface area (Å²) in [5, 5.41) is 0. The fourth-order valence-electron chi connectivity index (χ4n) is 1.46. The van der Waals surface area contributed by atoms with Gasteiger partial charge in [0.25, 0.3) is 0 Å². The molecule has 1 rings (SSSR count). The number of methoxy groups -OCH3 is 1. The first kappa shape index (κ1) is 16.4. The van der Waals surface area contributed by atoms with Gasteiger partial charge in [0, 0.05) is 11.3 Å². The third-order valence-electron chi connectivity index (χ3n) is 2.30. The highest BCUT2D eigenvalue weighted by Crippen LogP contribution is 2.36. The molecule has 0 heterocycles. The Bertz CT molecular complexity index is 443. The molecule has 0 saturated heterocycles. The quantitative estimate of drug-likeness (QED) is 0.686. The van der Waals surface area contributed by atoms with Gasteiger partial charge in [-0.3, -0.25) is 0 Å². The fraction of sp³-hybridized carbons (Fsp3) is 0.455. The second-order valence-corrected chi connectivity index (χ2v) is 3.85. The second kappa shape index (κ2) is 5.78. The molecule has 0 spiro atoms. The zero-order chi connectivity index (χ0) is 15.6. The maximum atomic E-state index is 12.3. The van der Waals surface area contributed by atoms with Gasteiger partial charge in [-0.2, -0.15) is 26.3 Å². The van der Waals surface area contributed by atoms with E-state index in [1.165, 1.54) is 25.3 Å². The number of hydrogen-bond donors (Lipinski definition) is 1. The lowest BCUT2D eigenvalue weighted by Gasteiger charge is -2.23. The largest absolute Gasteiger partial charge is 0.496 e. The Balaban J connectivity index is 2.91. The van der Waals surface area contributed by atoms with Crippen molar-refractivity contribution in [1.82, 2.24) is 0 Å². The minimum atomic E-state index is -5.55. The molecule has 0 bridgehead atoms. The standard InChI is InChI=1S/C11H11F6NO2/c1-19-8-3-2-7(18)4-6(8)5-20-9(10(12,13)14)11(15,16)17/h2-4,9H,5,18H2,1H3. The molecule has 1 aromatic rings. The van der Waals surface area contributed by atoms with Crippen molar-refractivity contribution in [2.24, 2.45) is 0 Å². The lowest BCUT2D eigenvalue weighted by Crippen LogP contribution is -2.44. The number of hydrogen-bond acceptors (Lipinski definition) is 3. The van der Waals surface area contributed by atoms with E-state index >= 15 is 0 Å². The van der Waals surface area contributed by atoms with Crippen LogP contribution in [0.25, 0.3) is 0 Å². The number of ether oxygens (including phenoxy) is 2. The molecule has 114 valence electrons. The van der Waals surface area contributed by atoms with Crippen LogP contribution in [-0.2, 0) is 11.3 Å². The molecular weight excluding hydrogens is 292 g/mol. The average molecular weight is 303 g/mol. The van der Waals surface area contributed by atoms with Crippen molar-refractivity contribution in [2.45, 2.75) is 25.1 Å². The summed E-state index contributed by atoms with van der Waals surface area (Å²) in [7, 11) is 1.22. The van der Waals surface area contributed by atoms with Gasteiger partial charge in [0.2, 0.25) is 6.10 Å². The van der Waals surface area contributed by atoms with Gasteiger partial charge in [0.15, 0.2) is 0 Å². The van der Waals surface area contributed by atoms with Gasteiger partial charge < -0.3 is 15.2 Å². The van der Waals surface area contributed by atoms with Gasteiger partial charge in [0.1, 0.15) is 5.75 Å². The lowest BCUT2D eigenvalue weighted by atomic mass is 10.2. The number of nitrogens with two attached hydrogens (primary N) is 1. The molecule has 0 atom stereocenters. The van der Waals surface area contributed by atoms with Crippen molar-refractivity contribution < 1.29 is 35.8 Å². The van der Waals surface area contributed by atoms with Crippen LogP contribution >= 0.6 is 0 Å². The number of benzene rings is 1. The highest BCUT2D eigenvalue weighted by molar-refractivity contribution is 5.47. The molecule has 0 aromatic heterocycles. The molecule has 2 N–H and O–H groups in total. The minimum absolute atomic E-state index is 0.00833. The van der Waals surface area contributed by atoms with Crippen LogP contribution in [0.5, 0.6) is 5.75 Å². The van der Waals surface area contributed by atoms with E-state index in [0.717, 1.165) is 0 Å². The maximum absolute atomic E-state index is 12.3. The van der Waals surface area contributed by atoms with E-state index < -0.39 is 25.1 Å². The SMILES string of the molecule is COc1ccc(N)cc1COC(C(F)(F)F)C(F)(F)F. The molecule has 0 unspecified atom stereocenters. The fourth-order valence-corrected chi connectivity index (χ4v) is 1.46. The molecule has 0 radical (unpaired) electrons. The van der Waals surface area contributed by atoms with Crippen molar-refractivity contribution >= 4 is 5.69 Å². The van der Waals surface area contributed by atoms with Crippen molar-refractivity contribution in [2.75, 3.05) is 12.8 Å². The van der Waals surface area contributed by atoms with E-state index in [1.807, 2.05) is 0 Å². The molecule has 3 nitrogen and oxygen atoms in total. The smallest absolute Gasteiger partial charge is 0.423 e. The summed E-state index contributed by atoms with van der Waals surface area (Å²) in [5.74, 6) is 0.0855. The Hall–Kier alpha value is -1.64. The van der Waals surface area contributed by atoms with Crippen molar-refractivity contribution in [3.05, 3.63) is 23.8 Å². The van der Waals surface area contributed by atoms with E-state index in [0.29, 0.717) is 0 Å². The minimum Gasteiger partial charge on any atom is -0.496 e. The Labute approximate surface area is 110 Å². The molecule has 1 aromatic carbocycles. The molecule has 20 heavy (non-hydrogen) atoms. The van der Waals surface area contributed by atoms with Crippen LogP contribution in [0.15, 0.2) is 18.2 Å². The first-order valence-corrected chi connectivity index (χ1v) is 5.23. The highest BCUT2D eigenvalue weighted by atomic mass is 19.4. The summed E-state index contributed by atoms with van der Waals surface area (Å²) in [5.41, 5.74) is 5.56. The van der Waals surface area contributed by atoms with Crippen LogP contribution in [0.3, 0.4) is 0 Å². The summed E-state index contributed by atoms with van der Waals surface area (Å²) in [6, 6.07) is 3.90. The first-order chi connectivity index (χ1) is 9.05. The van der Waals surface area contributed by atoms with Crippen LogP contribution in [-0.4, -0.2) is 25.6 Å². The summed E-state index contributed by atoms with van der Waals surface area (Å²) in [6.07, 6.45) is -15.0. The van der Waals surface area contributed by atoms with Crippen LogP contribution in [0.2, 0.25) is 0 Å². The Morgan fingerprint density at radius 2 is 1.65 bits per heavy atom. The van der Waals surface area contributed by atoms with E-state index in [1.54, 1.807) is 0 Å². The number of alkyl halides is 6. The van der Waals surface area contributed by atoms with Crippen LogP contribution in [0, 0.1) is 0 Å². The van der Waals surface area contributed by atoms with Gasteiger partial charge >= 0.3 is 12.4 Å². The molecule has 0 fully saturated rings. The third kappa shape index (κ3) is 4.19. The van der Waals surface area contributed by atoms with Gasteiger partial charge in [-0.25, -0.2) is 0 Å². The van der Waals surface area contributed by atoms with Crippen LogP contribution in [0.4, 0.5) is 32.0 Å². The maximum Gasteiger partial charge on any atom is 0.423 e. The van der Waals surface area contributed by atoms with Gasteiger partial charge in [-0.1, -0.05) is 0 Å². The average Bonchev–Trinajstić information content (AvgIpc) is 2.25. The van der Waals surface area contributed by atoms with E-state index in [9.17, 15) is 26.3 Å². The van der Waals surface area contributed by atoms with Crippen molar-refractivity contribution in [3.63, 3.8) is 0 Å². The number of anilines is 1. The van der Waals surface area contributed by atoms with Crippen molar-refractivity contribution in [3.8, 4) is 5.75 Å². The predicted octanol–water partition coefficient (Wildman–Crippen LogP) is 3.29. The summed E-state index contributed by atoms with van der Waals surface area (Å²) >= 11 is 0. The molecule has 0 saturated carbocycles. The molecule has 0 amide bonds. The van der Waals surface area contributed by atoms with E-state index in [4.69, 9.17) is 10.5 Å². The molecule has 0 aliphatic carbocycles. The molecule has 0 aliphatic rings. The zero-order valence-electron chi connectivity index (χ0n) is 10.2. The monoisotopic (exact) mass is 303 g/mol. The first-order valence-electron chi connectivity index (χ1n) is 5.23. The lowest BCUT2D eigenvalue weighted by molar-refractivity contribution is -0.324. The van der Waals surface area contributed by atoms with Gasteiger partial charge in [-0.05, 0) is 18.2 Å². The molecule has 0 aliphatic heterocycles. The second-order valence-electron chi connectivity index (χ2n) is 3.85. The normalized spacial score (nSPS) is 12.8. The number of rotatable bonds is 4. The van der Waals surface area contributed by atoms with Gasteiger partial charge in [-0.15, -0.1) is 0 Å². The number of nitrogen functional groups attached to an aromatic ring is 1. The Morgan fingerprint density at radius 3 is 2.10 bits per heavy atom. The van der Waals surface area contributed by atoms with Crippen LogP contribution in [0.1, 0.15) is 5.56 Å². The van der Waals surface area contributed by atoms with E-state index in [-0.39, 0.29) is 17.0 Å².